The van der Waals surface area contributed by atoms with Gasteiger partial charge in [-0.15, -0.1) is 0 Å². The summed E-state index contributed by atoms with van der Waals surface area (Å²) in [6.07, 6.45) is 0. The van der Waals surface area contributed by atoms with E-state index in [0.29, 0.717) is 0 Å². The van der Waals surface area contributed by atoms with Crippen molar-refractivity contribution in [3.8, 4) is 28.2 Å². The fourth-order valence-corrected chi connectivity index (χ4v) is 9.21. The molecule has 0 aliphatic heterocycles. The third-order valence-electron chi connectivity index (χ3n) is 11.4. The fourth-order valence-electron chi connectivity index (χ4n) is 9.21. The van der Waals surface area contributed by atoms with Crippen molar-refractivity contribution < 1.29 is 0 Å². The van der Waals surface area contributed by atoms with Crippen LogP contribution < -0.4 is 0 Å². The molecular weight excluding hydrogens is 643 g/mol. The molecule has 9 aromatic carbocycles. The Kier molecular flexibility index (Phi) is 5.77. The van der Waals surface area contributed by atoms with E-state index in [2.05, 4.69) is 202 Å². The Hall–Kier alpha value is -7.10. The number of aromatic nitrogens is 3. The normalized spacial score (nSPS) is 12.2. The van der Waals surface area contributed by atoms with Crippen molar-refractivity contribution >= 4 is 76.2 Å². The van der Waals surface area contributed by atoms with Gasteiger partial charge >= 0.3 is 0 Å². The standard InChI is InChI=1S/C50H31N3/c1-2-13-32(14-3-1)33-15-12-16-34(31-33)51-47-29-27-45(52-41-21-8-4-17-35(41)36-18-5-9-22-42(36)52)39-25-26-40-46(28-30-48(51)50(40)49(39)47)53-43-23-10-6-19-37(43)38-20-7-11-24-44(38)53/h1-31H. The second-order valence-corrected chi connectivity index (χ2v) is 14.1. The van der Waals surface area contributed by atoms with E-state index in [1.165, 1.54) is 98.7 Å². The van der Waals surface area contributed by atoms with Crippen molar-refractivity contribution in [2.45, 2.75) is 0 Å². The van der Waals surface area contributed by atoms with E-state index in [-0.39, 0.29) is 0 Å². The second kappa shape index (κ2) is 10.7. The Bertz CT molecular complexity index is 3100. The molecule has 3 heteroatoms. The van der Waals surface area contributed by atoms with Crippen LogP contribution in [0.25, 0.3) is 104 Å². The lowest BCUT2D eigenvalue weighted by molar-refractivity contribution is 1.17. The maximum atomic E-state index is 2.47. The molecule has 0 fully saturated rings. The zero-order valence-corrected chi connectivity index (χ0v) is 28.7. The quantitative estimate of drug-likeness (QED) is 0.165. The predicted octanol–water partition coefficient (Wildman–Crippen LogP) is 13.2. The molecule has 246 valence electrons. The van der Waals surface area contributed by atoms with Crippen LogP contribution in [0.5, 0.6) is 0 Å². The SMILES string of the molecule is c1ccc(-c2cccc(-n3c4ccc(-n5c6ccccc6c6ccccc65)c5ccc6c(-n7c8ccccc8c8ccccc87)ccc3c6c54)c2)cc1. The first-order chi connectivity index (χ1) is 26.3. The van der Waals surface area contributed by atoms with Gasteiger partial charge in [0.2, 0.25) is 0 Å². The monoisotopic (exact) mass is 673 g/mol. The van der Waals surface area contributed by atoms with Gasteiger partial charge in [0.25, 0.3) is 0 Å². The molecule has 0 N–H and O–H groups in total. The molecule has 0 atom stereocenters. The largest absolute Gasteiger partial charge is 0.309 e. The van der Waals surface area contributed by atoms with Gasteiger partial charge in [-0.2, -0.15) is 0 Å². The Morgan fingerprint density at radius 1 is 0.245 bits per heavy atom. The molecule has 0 saturated carbocycles. The topological polar surface area (TPSA) is 14.8 Å². The first-order valence-corrected chi connectivity index (χ1v) is 18.3. The van der Waals surface area contributed by atoms with E-state index >= 15 is 0 Å². The van der Waals surface area contributed by atoms with Crippen molar-refractivity contribution in [3.05, 3.63) is 188 Å². The highest BCUT2D eigenvalue weighted by Crippen LogP contribution is 2.46. The van der Waals surface area contributed by atoms with Crippen LogP contribution in [0.1, 0.15) is 0 Å². The van der Waals surface area contributed by atoms with E-state index in [1.807, 2.05) is 0 Å². The van der Waals surface area contributed by atoms with Gasteiger partial charge in [-0.1, -0.05) is 127 Å². The van der Waals surface area contributed by atoms with Gasteiger partial charge in [0.05, 0.1) is 44.5 Å². The first kappa shape index (κ1) is 28.6. The molecule has 0 bridgehead atoms. The van der Waals surface area contributed by atoms with Crippen molar-refractivity contribution in [1.29, 1.82) is 0 Å². The van der Waals surface area contributed by atoms with E-state index < -0.39 is 0 Å². The summed E-state index contributed by atoms with van der Waals surface area (Å²) in [4.78, 5) is 0. The third kappa shape index (κ3) is 3.88. The number of hydrogen-bond donors (Lipinski definition) is 0. The highest BCUT2D eigenvalue weighted by atomic mass is 15.0. The fraction of sp³-hybridized carbons (Fsp3) is 0. The maximum absolute atomic E-state index is 2.47. The van der Waals surface area contributed by atoms with Crippen molar-refractivity contribution in [2.24, 2.45) is 0 Å². The van der Waals surface area contributed by atoms with Crippen LogP contribution in [0.15, 0.2) is 188 Å². The molecule has 3 heterocycles. The molecule has 53 heavy (non-hydrogen) atoms. The Morgan fingerprint density at radius 3 is 1.13 bits per heavy atom. The Labute approximate surface area is 305 Å². The van der Waals surface area contributed by atoms with Gasteiger partial charge in [0.1, 0.15) is 0 Å². The molecule has 12 rings (SSSR count). The van der Waals surface area contributed by atoms with E-state index in [9.17, 15) is 0 Å². The predicted molar refractivity (Wildman–Crippen MR) is 224 cm³/mol. The van der Waals surface area contributed by atoms with Crippen LogP contribution in [0, 0.1) is 0 Å². The number of para-hydroxylation sites is 4. The molecule has 0 unspecified atom stereocenters. The average Bonchev–Trinajstić information content (AvgIpc) is 3.87. The van der Waals surface area contributed by atoms with Gasteiger partial charge in [-0.05, 0) is 71.8 Å². The van der Waals surface area contributed by atoms with Crippen LogP contribution in [0.4, 0.5) is 0 Å². The lowest BCUT2D eigenvalue weighted by Crippen LogP contribution is -1.97. The van der Waals surface area contributed by atoms with E-state index in [4.69, 9.17) is 0 Å². The Balaban J connectivity index is 1.22. The first-order valence-electron chi connectivity index (χ1n) is 18.3. The zero-order valence-electron chi connectivity index (χ0n) is 28.7. The number of hydrogen-bond acceptors (Lipinski definition) is 0. The molecule has 0 spiro atoms. The average molecular weight is 674 g/mol. The second-order valence-electron chi connectivity index (χ2n) is 14.1. The van der Waals surface area contributed by atoms with Gasteiger partial charge in [0.15, 0.2) is 0 Å². The molecule has 3 aromatic heterocycles. The van der Waals surface area contributed by atoms with Crippen molar-refractivity contribution in [2.75, 3.05) is 0 Å². The van der Waals surface area contributed by atoms with Crippen molar-refractivity contribution in [3.63, 3.8) is 0 Å². The number of fused-ring (bicyclic) bond motifs is 6. The van der Waals surface area contributed by atoms with Crippen LogP contribution >= 0.6 is 0 Å². The molecular formula is C50H31N3. The van der Waals surface area contributed by atoms with Gasteiger partial charge in [-0.25, -0.2) is 0 Å². The molecule has 3 nitrogen and oxygen atoms in total. The third-order valence-corrected chi connectivity index (χ3v) is 11.4. The number of benzene rings is 9. The zero-order chi connectivity index (χ0) is 34.6. The minimum atomic E-state index is 1.15. The smallest absolute Gasteiger partial charge is 0.0548 e. The summed E-state index contributed by atoms with van der Waals surface area (Å²) in [5.41, 5.74) is 13.2. The highest BCUT2D eigenvalue weighted by molar-refractivity contribution is 6.28. The maximum Gasteiger partial charge on any atom is 0.0548 e. The van der Waals surface area contributed by atoms with E-state index in [0.717, 1.165) is 5.69 Å². The minimum Gasteiger partial charge on any atom is -0.309 e. The van der Waals surface area contributed by atoms with Gasteiger partial charge < -0.3 is 13.7 Å². The Morgan fingerprint density at radius 2 is 0.660 bits per heavy atom. The summed E-state index contributed by atoms with van der Waals surface area (Å²) in [6, 6.07) is 68.9. The summed E-state index contributed by atoms with van der Waals surface area (Å²) in [5.74, 6) is 0. The van der Waals surface area contributed by atoms with Crippen molar-refractivity contribution in [1.82, 2.24) is 13.7 Å². The molecule has 0 saturated heterocycles. The van der Waals surface area contributed by atoms with Crippen LogP contribution in [0.3, 0.4) is 0 Å². The van der Waals surface area contributed by atoms with Gasteiger partial charge in [0, 0.05) is 48.8 Å². The molecule has 12 aromatic rings. The molecule has 0 aliphatic carbocycles. The summed E-state index contributed by atoms with van der Waals surface area (Å²) in [7, 11) is 0. The van der Waals surface area contributed by atoms with E-state index in [1.54, 1.807) is 0 Å². The highest BCUT2D eigenvalue weighted by Gasteiger charge is 2.24. The van der Waals surface area contributed by atoms with Crippen LogP contribution in [-0.2, 0) is 0 Å². The summed E-state index contributed by atoms with van der Waals surface area (Å²) in [6.45, 7) is 0. The lowest BCUT2D eigenvalue weighted by Gasteiger charge is -2.15. The minimum absolute atomic E-state index is 1.15. The molecule has 0 radical (unpaired) electrons. The summed E-state index contributed by atoms with van der Waals surface area (Å²) in [5, 5.41) is 10.1. The summed E-state index contributed by atoms with van der Waals surface area (Å²) < 4.78 is 7.40. The number of rotatable bonds is 4. The lowest BCUT2D eigenvalue weighted by atomic mass is 9.99. The van der Waals surface area contributed by atoms with Gasteiger partial charge in [-0.3, -0.25) is 0 Å². The number of nitrogens with zero attached hydrogens (tertiary/aromatic N) is 3. The molecule has 0 amide bonds. The summed E-state index contributed by atoms with van der Waals surface area (Å²) >= 11 is 0. The molecule has 0 aliphatic rings. The van der Waals surface area contributed by atoms with Crippen LogP contribution in [0.2, 0.25) is 0 Å². The van der Waals surface area contributed by atoms with Crippen LogP contribution in [-0.4, -0.2) is 13.7 Å².